The number of hydrogen-bond acceptors (Lipinski definition) is 5. The van der Waals surface area contributed by atoms with Gasteiger partial charge in [-0.25, -0.2) is 4.21 Å². The third kappa shape index (κ3) is 5.55. The second-order valence-electron chi connectivity index (χ2n) is 12.2. The number of amides is 1. The molecular formula is C31H39ClN2O4S. The van der Waals surface area contributed by atoms with Gasteiger partial charge in [-0.05, 0) is 117 Å². The predicted molar refractivity (Wildman–Crippen MR) is 159 cm³/mol. The number of aliphatic hydroxyl groups is 1. The number of carbonyl (C=O) groups excluding carboxylic acids is 1. The van der Waals surface area contributed by atoms with Crippen LogP contribution in [0.3, 0.4) is 0 Å². The molecule has 5 atom stereocenters. The van der Waals surface area contributed by atoms with Crippen molar-refractivity contribution in [3.05, 3.63) is 58.1 Å². The number of nitrogens with one attached hydrogen (secondary N) is 1. The molecule has 0 radical (unpaired) electrons. The van der Waals surface area contributed by atoms with E-state index in [-0.39, 0.29) is 17.4 Å². The largest absolute Gasteiger partial charge is 0.490 e. The molecule has 2 aliphatic heterocycles. The summed E-state index contributed by atoms with van der Waals surface area (Å²) in [6, 6.07) is 11.8. The van der Waals surface area contributed by atoms with Gasteiger partial charge >= 0.3 is 0 Å². The van der Waals surface area contributed by atoms with Crippen molar-refractivity contribution < 1.29 is 18.8 Å². The first-order chi connectivity index (χ1) is 18.7. The number of nitrogens with zero attached hydrogens (tertiary/aromatic N) is 1. The lowest BCUT2D eigenvalue weighted by Crippen LogP contribution is -2.48. The van der Waals surface area contributed by atoms with Crippen LogP contribution in [0.1, 0.15) is 72.9 Å². The van der Waals surface area contributed by atoms with Gasteiger partial charge in [0.15, 0.2) is 0 Å². The van der Waals surface area contributed by atoms with Crippen LogP contribution in [0.25, 0.3) is 0 Å². The summed E-state index contributed by atoms with van der Waals surface area (Å²) in [7, 11) is -2.77. The van der Waals surface area contributed by atoms with Crippen LogP contribution in [-0.4, -0.2) is 52.6 Å². The zero-order valence-electron chi connectivity index (χ0n) is 22.5. The summed E-state index contributed by atoms with van der Waals surface area (Å²) in [5.74, 6) is 5.50. The smallest absolute Gasteiger partial charge is 0.262 e. The second kappa shape index (κ2) is 10.6. The minimum Gasteiger partial charge on any atom is -0.490 e. The molecule has 2 aliphatic carbocycles. The molecule has 2 bridgehead atoms. The molecule has 1 fully saturated rings. The molecular weight excluding hydrogens is 532 g/mol. The van der Waals surface area contributed by atoms with Gasteiger partial charge in [-0.3, -0.25) is 9.52 Å². The summed E-state index contributed by atoms with van der Waals surface area (Å²) in [6.07, 6.45) is 7.98. The Kier molecular flexibility index (Phi) is 7.36. The lowest BCUT2D eigenvalue weighted by molar-refractivity contribution is 0.0722. The van der Waals surface area contributed by atoms with Crippen molar-refractivity contribution in [3.8, 4) is 5.75 Å². The van der Waals surface area contributed by atoms with Crippen LogP contribution in [0.5, 0.6) is 5.75 Å². The Morgan fingerprint density at radius 2 is 1.95 bits per heavy atom. The van der Waals surface area contributed by atoms with Crippen molar-refractivity contribution >= 4 is 38.8 Å². The Balaban J connectivity index is 1.40. The Labute approximate surface area is 237 Å². The highest BCUT2D eigenvalue weighted by Crippen LogP contribution is 2.46. The zero-order valence-corrected chi connectivity index (χ0v) is 24.1. The number of aryl methyl sites for hydroxylation is 1. The van der Waals surface area contributed by atoms with Crippen molar-refractivity contribution in [2.45, 2.75) is 69.3 Å². The van der Waals surface area contributed by atoms with Crippen LogP contribution >= 0.6 is 11.6 Å². The topological polar surface area (TPSA) is 78.9 Å². The quantitative estimate of drug-likeness (QED) is 0.429. The number of benzene rings is 2. The fourth-order valence-corrected chi connectivity index (χ4v) is 8.61. The van der Waals surface area contributed by atoms with E-state index in [2.05, 4.69) is 27.6 Å². The van der Waals surface area contributed by atoms with Crippen LogP contribution in [0.4, 0.5) is 5.69 Å². The summed E-state index contributed by atoms with van der Waals surface area (Å²) in [5.41, 5.74) is 3.81. The van der Waals surface area contributed by atoms with E-state index in [1.807, 2.05) is 18.2 Å². The molecule has 39 heavy (non-hydrogen) atoms. The number of carbonyl (C=O) groups is 1. The molecule has 0 saturated heterocycles. The van der Waals surface area contributed by atoms with E-state index in [9.17, 15) is 14.1 Å². The summed E-state index contributed by atoms with van der Waals surface area (Å²) in [4.78, 5) is 15.7. The zero-order chi connectivity index (χ0) is 27.2. The highest BCUT2D eigenvalue weighted by Gasteiger charge is 2.43. The Bertz CT molecular complexity index is 1360. The molecule has 1 spiro atoms. The number of fused-ring (bicyclic) bond motifs is 4. The fraction of sp³-hybridized carbons (Fsp3) is 0.548. The first kappa shape index (κ1) is 27.0. The minimum absolute atomic E-state index is 0.180. The molecule has 2 aromatic carbocycles. The first-order valence-corrected chi connectivity index (χ1v) is 16.6. The number of rotatable bonds is 0. The molecule has 4 aliphatic rings. The average molecular weight is 571 g/mol. The standard InChI is InChI=1S/C31H39ClN2O4S/c1-39(37)14-3-2-6-26(35)16-21-7-8-24(21)18-34-19-31(13-4-5-22-15-25(32)10-11-27(22)31)20-38-29-12-9-23(17-28(29)34)30(36)33-39/h9-12,15,17,21,24,26,35H,1-8,13-14,16,18-20H2,(H,33,36,37)/t21-,24-,26+,31-,39?/m0/s1. The number of anilines is 1. The highest BCUT2D eigenvalue weighted by atomic mass is 35.5. The van der Waals surface area contributed by atoms with E-state index in [4.69, 9.17) is 16.3 Å². The van der Waals surface area contributed by atoms with Gasteiger partial charge in [0.05, 0.1) is 18.4 Å². The SMILES string of the molecule is C=S1(=O)CCCC[C@@H](O)C[C@@H]2CC[C@H]2CN2C[C@@]3(CCCc4cc(Cl)ccc43)COc3ccc(cc32)C(=O)N1. The van der Waals surface area contributed by atoms with E-state index in [1.165, 1.54) is 11.1 Å². The maximum atomic E-state index is 13.2. The number of hydrogen-bond donors (Lipinski definition) is 2. The maximum Gasteiger partial charge on any atom is 0.262 e. The first-order valence-electron chi connectivity index (χ1n) is 14.4. The number of halogens is 1. The fourth-order valence-electron chi connectivity index (χ4n) is 7.19. The van der Waals surface area contributed by atoms with E-state index >= 15 is 0 Å². The highest BCUT2D eigenvalue weighted by molar-refractivity contribution is 7.99. The van der Waals surface area contributed by atoms with Gasteiger partial charge < -0.3 is 14.7 Å². The van der Waals surface area contributed by atoms with E-state index < -0.39 is 9.71 Å². The number of aliphatic hydroxyl groups excluding tert-OH is 1. The summed E-state index contributed by atoms with van der Waals surface area (Å²) >= 11 is 6.39. The Morgan fingerprint density at radius 3 is 2.77 bits per heavy atom. The molecule has 2 N–H and O–H groups in total. The third-order valence-electron chi connectivity index (χ3n) is 9.44. The van der Waals surface area contributed by atoms with Crippen LogP contribution in [0.2, 0.25) is 5.02 Å². The van der Waals surface area contributed by atoms with Gasteiger partial charge in [0, 0.05) is 44.6 Å². The van der Waals surface area contributed by atoms with E-state index in [1.54, 1.807) is 6.07 Å². The molecule has 0 aromatic heterocycles. The van der Waals surface area contributed by atoms with Crippen molar-refractivity contribution in [1.82, 2.24) is 4.72 Å². The minimum atomic E-state index is -2.77. The molecule has 1 amide bonds. The van der Waals surface area contributed by atoms with Crippen molar-refractivity contribution in [2.24, 2.45) is 11.8 Å². The Morgan fingerprint density at radius 1 is 1.10 bits per heavy atom. The normalized spacial score (nSPS) is 33.1. The molecule has 1 saturated carbocycles. The molecule has 1 unspecified atom stereocenters. The van der Waals surface area contributed by atoms with Crippen molar-refractivity contribution in [1.29, 1.82) is 0 Å². The molecule has 210 valence electrons. The van der Waals surface area contributed by atoms with Crippen LogP contribution < -0.4 is 14.4 Å². The summed E-state index contributed by atoms with van der Waals surface area (Å²) in [6.45, 7) is 2.21. The molecule has 6 nitrogen and oxygen atoms in total. The lowest BCUT2D eigenvalue weighted by Gasteiger charge is -2.45. The molecule has 2 aromatic rings. The molecule has 2 heterocycles. The monoisotopic (exact) mass is 570 g/mol. The van der Waals surface area contributed by atoms with E-state index in [0.29, 0.717) is 42.6 Å². The third-order valence-corrected chi connectivity index (χ3v) is 11.2. The summed E-state index contributed by atoms with van der Waals surface area (Å²) in [5, 5.41) is 11.5. The Hall–Kier alpha value is -2.22. The van der Waals surface area contributed by atoms with Gasteiger partial charge in [0.25, 0.3) is 5.91 Å². The number of ether oxygens (including phenoxy) is 1. The molecule has 6 rings (SSSR count). The van der Waals surface area contributed by atoms with Crippen molar-refractivity contribution in [2.75, 3.05) is 30.3 Å². The van der Waals surface area contributed by atoms with Crippen molar-refractivity contribution in [3.63, 3.8) is 0 Å². The van der Waals surface area contributed by atoms with Gasteiger partial charge in [0.1, 0.15) is 5.75 Å². The van der Waals surface area contributed by atoms with E-state index in [0.717, 1.165) is 74.5 Å². The predicted octanol–water partition coefficient (Wildman–Crippen LogP) is 5.14. The lowest BCUT2D eigenvalue weighted by atomic mass is 9.68. The van der Waals surface area contributed by atoms with Crippen LogP contribution in [0, 0.1) is 11.8 Å². The summed E-state index contributed by atoms with van der Waals surface area (Å²) < 4.78 is 22.3. The van der Waals surface area contributed by atoms with Crippen LogP contribution in [0.15, 0.2) is 36.4 Å². The maximum absolute atomic E-state index is 13.2. The van der Waals surface area contributed by atoms with Gasteiger partial charge in [-0.1, -0.05) is 17.7 Å². The van der Waals surface area contributed by atoms with Gasteiger partial charge in [-0.15, -0.1) is 0 Å². The second-order valence-corrected chi connectivity index (χ2v) is 14.9. The molecule has 8 heteroatoms. The average Bonchev–Trinajstić information content (AvgIpc) is 3.04. The van der Waals surface area contributed by atoms with Gasteiger partial charge in [-0.2, -0.15) is 0 Å². The van der Waals surface area contributed by atoms with Gasteiger partial charge in [0.2, 0.25) is 0 Å². The van der Waals surface area contributed by atoms with Crippen LogP contribution in [-0.2, 0) is 21.5 Å².